The van der Waals surface area contributed by atoms with Gasteiger partial charge in [0.25, 0.3) is 0 Å². The number of benzene rings is 2. The van der Waals surface area contributed by atoms with Crippen LogP contribution in [0.4, 0.5) is 0 Å². The lowest BCUT2D eigenvalue weighted by Gasteiger charge is -2.21. The van der Waals surface area contributed by atoms with Gasteiger partial charge in [-0.25, -0.2) is 0 Å². The molecular formula is C14H17NO4P2. The molecule has 2 rings (SSSR count). The van der Waals surface area contributed by atoms with Crippen LogP contribution in [0.25, 0.3) is 0 Å². The third kappa shape index (κ3) is 5.39. The van der Waals surface area contributed by atoms with Gasteiger partial charge in [0, 0.05) is 13.3 Å². The number of nitrogens with one attached hydrogen (secondary N) is 1. The quantitative estimate of drug-likeness (QED) is 0.799. The predicted molar refractivity (Wildman–Crippen MR) is 84.3 cm³/mol. The molecular weight excluding hydrogens is 308 g/mol. The molecule has 0 bridgehead atoms. The molecule has 0 saturated carbocycles. The molecule has 0 aliphatic heterocycles. The van der Waals surface area contributed by atoms with Gasteiger partial charge in [-0.15, -0.1) is 0 Å². The minimum Gasteiger partial charge on any atom is -0.433 e. The van der Waals surface area contributed by atoms with Crippen LogP contribution in [-0.4, -0.2) is 13.3 Å². The van der Waals surface area contributed by atoms with Gasteiger partial charge in [0.2, 0.25) is 0 Å². The zero-order valence-electron chi connectivity index (χ0n) is 11.8. The SMILES string of the molecule is C[P@@](=O)(N[P@@](C)(=O)Oc1ccccc1)Oc1ccccc1. The zero-order chi connectivity index (χ0) is 15.3. The Balaban J connectivity index is 2.04. The van der Waals surface area contributed by atoms with E-state index in [-0.39, 0.29) is 0 Å². The standard InChI is InChI=1S/C14H17NO4P2/c1-20(16,18-13-9-5-3-6-10-13)15-21(2,17)19-14-11-7-4-8-12-14/h3-12H,1-2H3,(H,15,16,17)/t20-,21-/m0/s1. The van der Waals surface area contributed by atoms with Crippen molar-refractivity contribution < 1.29 is 18.2 Å². The average molecular weight is 325 g/mol. The van der Waals surface area contributed by atoms with Gasteiger partial charge in [0.15, 0.2) is 0 Å². The van der Waals surface area contributed by atoms with E-state index < -0.39 is 15.0 Å². The van der Waals surface area contributed by atoms with E-state index in [1.165, 1.54) is 13.3 Å². The van der Waals surface area contributed by atoms with Crippen molar-refractivity contribution in [1.29, 1.82) is 0 Å². The lowest BCUT2D eigenvalue weighted by Crippen LogP contribution is -2.13. The summed E-state index contributed by atoms with van der Waals surface area (Å²) in [7, 11) is -6.62. The monoisotopic (exact) mass is 325 g/mol. The molecule has 0 unspecified atom stereocenters. The van der Waals surface area contributed by atoms with Crippen LogP contribution in [0.5, 0.6) is 11.5 Å². The van der Waals surface area contributed by atoms with Crippen LogP contribution >= 0.6 is 15.0 Å². The fourth-order valence-electron chi connectivity index (χ4n) is 1.74. The predicted octanol–water partition coefficient (Wildman–Crippen LogP) is 4.38. The number of hydrogen-bond donors (Lipinski definition) is 1. The van der Waals surface area contributed by atoms with Gasteiger partial charge in [-0.2, -0.15) is 4.86 Å². The summed E-state index contributed by atoms with van der Waals surface area (Å²) in [6.07, 6.45) is 0. The maximum atomic E-state index is 12.4. The van der Waals surface area contributed by atoms with Gasteiger partial charge in [0.05, 0.1) is 0 Å². The summed E-state index contributed by atoms with van der Waals surface area (Å²) in [4.78, 5) is 2.50. The molecule has 0 aromatic heterocycles. The van der Waals surface area contributed by atoms with Crippen molar-refractivity contribution in [1.82, 2.24) is 4.86 Å². The van der Waals surface area contributed by atoms with Crippen LogP contribution in [0.2, 0.25) is 0 Å². The number of hydrogen-bond acceptors (Lipinski definition) is 4. The Labute approximate surface area is 124 Å². The normalized spacial score (nSPS) is 16.5. The minimum absolute atomic E-state index is 0.440. The van der Waals surface area contributed by atoms with Crippen molar-refractivity contribution in [3.63, 3.8) is 0 Å². The molecule has 0 amide bonds. The summed E-state index contributed by atoms with van der Waals surface area (Å²) in [5.41, 5.74) is 0. The Morgan fingerprint density at radius 3 is 1.38 bits per heavy atom. The second-order valence-electron chi connectivity index (χ2n) is 4.60. The average Bonchev–Trinajstić information content (AvgIpc) is 2.38. The van der Waals surface area contributed by atoms with Crippen molar-refractivity contribution in [3.05, 3.63) is 60.7 Å². The van der Waals surface area contributed by atoms with Crippen LogP contribution in [0, 0.1) is 0 Å². The first-order chi connectivity index (χ1) is 9.86. The molecule has 0 radical (unpaired) electrons. The molecule has 5 nitrogen and oxygen atoms in total. The topological polar surface area (TPSA) is 64.6 Å². The Kier molecular flexibility index (Phi) is 4.89. The highest BCUT2D eigenvalue weighted by Gasteiger charge is 2.29. The van der Waals surface area contributed by atoms with Crippen molar-refractivity contribution >= 4 is 15.0 Å². The smallest absolute Gasteiger partial charge is 0.321 e. The fourth-order valence-corrected chi connectivity index (χ4v) is 5.75. The first-order valence-electron chi connectivity index (χ1n) is 6.30. The molecule has 2 aromatic carbocycles. The largest absolute Gasteiger partial charge is 0.433 e. The van der Waals surface area contributed by atoms with Crippen molar-refractivity contribution in [2.45, 2.75) is 0 Å². The molecule has 1 N–H and O–H groups in total. The van der Waals surface area contributed by atoms with E-state index in [1.54, 1.807) is 48.5 Å². The van der Waals surface area contributed by atoms with Gasteiger partial charge < -0.3 is 9.05 Å². The lowest BCUT2D eigenvalue weighted by atomic mass is 10.3. The van der Waals surface area contributed by atoms with E-state index in [9.17, 15) is 9.13 Å². The van der Waals surface area contributed by atoms with Crippen molar-refractivity contribution in [2.75, 3.05) is 13.3 Å². The van der Waals surface area contributed by atoms with E-state index in [0.717, 1.165) is 0 Å². The van der Waals surface area contributed by atoms with Crippen LogP contribution < -0.4 is 13.9 Å². The van der Waals surface area contributed by atoms with Gasteiger partial charge in [0.1, 0.15) is 11.5 Å². The first kappa shape index (κ1) is 15.8. The molecule has 0 aliphatic rings. The Morgan fingerprint density at radius 2 is 1.05 bits per heavy atom. The number of rotatable bonds is 6. The van der Waals surface area contributed by atoms with E-state index in [1.807, 2.05) is 12.1 Å². The van der Waals surface area contributed by atoms with Gasteiger partial charge >= 0.3 is 15.0 Å². The molecule has 112 valence electrons. The van der Waals surface area contributed by atoms with E-state index >= 15 is 0 Å². The summed E-state index contributed by atoms with van der Waals surface area (Å²) >= 11 is 0. The van der Waals surface area contributed by atoms with Crippen molar-refractivity contribution in [2.24, 2.45) is 0 Å². The van der Waals surface area contributed by atoms with E-state index in [0.29, 0.717) is 11.5 Å². The lowest BCUT2D eigenvalue weighted by molar-refractivity contribution is 0.462. The molecule has 0 saturated heterocycles. The second kappa shape index (κ2) is 6.48. The van der Waals surface area contributed by atoms with Gasteiger partial charge in [-0.05, 0) is 24.3 Å². The van der Waals surface area contributed by atoms with Crippen LogP contribution in [0.15, 0.2) is 60.7 Å². The molecule has 0 aliphatic carbocycles. The van der Waals surface area contributed by atoms with Gasteiger partial charge in [-0.1, -0.05) is 36.4 Å². The Bertz CT molecular complexity index is 616. The molecule has 7 heteroatoms. The van der Waals surface area contributed by atoms with Crippen LogP contribution in [0.1, 0.15) is 0 Å². The highest BCUT2D eigenvalue weighted by Crippen LogP contribution is 2.52. The number of para-hydroxylation sites is 2. The van der Waals surface area contributed by atoms with E-state index in [2.05, 4.69) is 4.86 Å². The van der Waals surface area contributed by atoms with Crippen LogP contribution in [-0.2, 0) is 9.13 Å². The summed E-state index contributed by atoms with van der Waals surface area (Å²) in [5.74, 6) is 0.881. The highest BCUT2D eigenvalue weighted by molar-refractivity contribution is 7.72. The summed E-state index contributed by atoms with van der Waals surface area (Å²) < 4.78 is 35.5. The Morgan fingerprint density at radius 1 is 0.714 bits per heavy atom. The summed E-state index contributed by atoms with van der Waals surface area (Å²) in [6, 6.07) is 17.4. The molecule has 2 atom stereocenters. The third-order valence-electron chi connectivity index (χ3n) is 2.41. The molecule has 0 spiro atoms. The summed E-state index contributed by atoms with van der Waals surface area (Å²) in [6.45, 7) is 2.73. The highest BCUT2D eigenvalue weighted by atomic mass is 31.2. The van der Waals surface area contributed by atoms with Gasteiger partial charge in [-0.3, -0.25) is 9.13 Å². The minimum atomic E-state index is -3.31. The molecule has 0 heterocycles. The molecule has 2 aromatic rings. The van der Waals surface area contributed by atoms with Crippen molar-refractivity contribution in [3.8, 4) is 11.5 Å². The van der Waals surface area contributed by atoms with E-state index in [4.69, 9.17) is 9.05 Å². The maximum absolute atomic E-state index is 12.4. The fraction of sp³-hybridized carbons (Fsp3) is 0.143. The first-order valence-corrected chi connectivity index (χ1v) is 10.4. The molecule has 21 heavy (non-hydrogen) atoms. The second-order valence-corrected chi connectivity index (χ2v) is 9.15. The third-order valence-corrected chi connectivity index (χ3v) is 6.43. The Hall–Kier alpha value is -1.54. The zero-order valence-corrected chi connectivity index (χ0v) is 13.6. The summed E-state index contributed by atoms with van der Waals surface area (Å²) in [5, 5.41) is 0. The maximum Gasteiger partial charge on any atom is 0.321 e. The molecule has 0 fully saturated rings. The van der Waals surface area contributed by atoms with Crippen LogP contribution in [0.3, 0.4) is 0 Å².